The number of para-hydroxylation sites is 1. The highest BCUT2D eigenvalue weighted by atomic mass is 31.2. The van der Waals surface area contributed by atoms with E-state index in [2.05, 4.69) is 10.1 Å². The quantitative estimate of drug-likeness (QED) is 0.295. The van der Waals surface area contributed by atoms with Crippen LogP contribution >= 0.6 is 7.75 Å². The molecule has 2 saturated heterocycles. The van der Waals surface area contributed by atoms with E-state index in [0.717, 1.165) is 10.6 Å². The predicted octanol–water partition coefficient (Wildman–Crippen LogP) is 0.697. The molecule has 0 radical (unpaired) electrons. The van der Waals surface area contributed by atoms with E-state index in [1.165, 1.54) is 13.1 Å². The summed E-state index contributed by atoms with van der Waals surface area (Å²) in [6.07, 6.45) is -2.43. The van der Waals surface area contributed by atoms with Gasteiger partial charge in [0.1, 0.15) is 29.6 Å². The maximum Gasteiger partial charge on any atom is 0.459 e. The van der Waals surface area contributed by atoms with E-state index >= 15 is 0 Å². The molecule has 2 aliphatic heterocycles. The number of aliphatic hydroxyl groups excluding tert-OH is 1. The van der Waals surface area contributed by atoms with Crippen molar-refractivity contribution in [1.82, 2.24) is 14.6 Å². The SMILES string of the molecule is CC(C)OC(=O)[C@H](C)N[P@@](=O)(OC[C@@]12CO[C@@H](C(n3ccc(=O)[nH]c3=O)O1)[C@@H]2O)Oc1ccccc1. The van der Waals surface area contributed by atoms with Crippen molar-refractivity contribution in [3.05, 3.63) is 63.4 Å². The van der Waals surface area contributed by atoms with Crippen molar-refractivity contribution in [2.24, 2.45) is 0 Å². The van der Waals surface area contributed by atoms with E-state index in [9.17, 15) is 24.1 Å². The first-order valence-corrected chi connectivity index (χ1v) is 12.8. The van der Waals surface area contributed by atoms with Crippen molar-refractivity contribution in [2.45, 2.75) is 57.0 Å². The molecule has 13 nitrogen and oxygen atoms in total. The molecule has 3 heterocycles. The number of nitrogens with zero attached hydrogens (tertiary/aromatic N) is 1. The first-order valence-electron chi connectivity index (χ1n) is 11.3. The van der Waals surface area contributed by atoms with Crippen LogP contribution in [0, 0.1) is 0 Å². The molecule has 2 aromatic rings. The fraction of sp³-hybridized carbons (Fsp3) is 0.500. The molecule has 0 saturated carbocycles. The van der Waals surface area contributed by atoms with Gasteiger partial charge in [0.2, 0.25) is 0 Å². The molecule has 36 heavy (non-hydrogen) atoms. The maximum atomic E-state index is 13.7. The van der Waals surface area contributed by atoms with Gasteiger partial charge in [-0.05, 0) is 32.9 Å². The van der Waals surface area contributed by atoms with Crippen LogP contribution in [0.15, 0.2) is 52.2 Å². The molecule has 2 aliphatic rings. The standard InChI is InChI=1S/C22H28N3O10P/c1-13(2)33-20(28)14(3)24-36(30,35-15-7-5-4-6-8-15)32-12-22-11-31-17(18(22)27)19(34-22)25-10-9-16(26)23-21(25)29/h4-10,13-14,17-19,27H,11-12H2,1-3H3,(H,24,30)(H,23,26,29)/t14-,17+,18-,19?,22+,36+/m0/s1. The summed E-state index contributed by atoms with van der Waals surface area (Å²) in [4.78, 5) is 38.1. The zero-order valence-electron chi connectivity index (χ0n) is 19.9. The molecule has 3 N–H and O–H groups in total. The van der Waals surface area contributed by atoms with Crippen LogP contribution in [0.1, 0.15) is 27.0 Å². The van der Waals surface area contributed by atoms with E-state index < -0.39 is 61.7 Å². The Hall–Kier alpha value is -2.80. The summed E-state index contributed by atoms with van der Waals surface area (Å²) in [6, 6.07) is 8.26. The van der Waals surface area contributed by atoms with E-state index in [1.807, 2.05) is 0 Å². The van der Waals surface area contributed by atoms with Crippen molar-refractivity contribution < 1.29 is 37.7 Å². The van der Waals surface area contributed by atoms with Crippen LogP contribution in [-0.2, 0) is 28.1 Å². The second-order valence-electron chi connectivity index (χ2n) is 8.82. The maximum absolute atomic E-state index is 13.7. The van der Waals surface area contributed by atoms with Crippen LogP contribution in [-0.4, -0.2) is 63.8 Å². The molecular weight excluding hydrogens is 497 g/mol. The number of aromatic nitrogens is 2. The van der Waals surface area contributed by atoms with Crippen molar-refractivity contribution in [3.63, 3.8) is 0 Å². The molecule has 6 atom stereocenters. The van der Waals surface area contributed by atoms with Gasteiger partial charge in [0.15, 0.2) is 6.23 Å². The summed E-state index contributed by atoms with van der Waals surface area (Å²) in [5.74, 6) is -0.455. The van der Waals surface area contributed by atoms with Gasteiger partial charge in [0.25, 0.3) is 5.56 Å². The number of ether oxygens (including phenoxy) is 3. The Kier molecular flexibility index (Phi) is 7.51. The number of hydrogen-bond donors (Lipinski definition) is 3. The third-order valence-corrected chi connectivity index (χ3v) is 7.26. The molecule has 0 aliphatic carbocycles. The molecule has 1 aromatic carbocycles. The molecule has 1 unspecified atom stereocenters. The average molecular weight is 525 g/mol. The number of fused-ring (bicyclic) bond motifs is 2. The summed E-state index contributed by atoms with van der Waals surface area (Å²) in [5, 5.41) is 13.4. The van der Waals surface area contributed by atoms with Gasteiger partial charge in [-0.3, -0.25) is 23.7 Å². The first kappa shape index (κ1) is 26.3. The summed E-state index contributed by atoms with van der Waals surface area (Å²) in [5.41, 5.74) is -2.83. The number of nitrogens with one attached hydrogen (secondary N) is 2. The molecular formula is C22H28N3O10P. The highest BCUT2D eigenvalue weighted by Crippen LogP contribution is 2.50. The summed E-state index contributed by atoms with van der Waals surface area (Å²) < 4.78 is 42.8. The smallest absolute Gasteiger partial charge is 0.459 e. The topological polar surface area (TPSA) is 167 Å². The zero-order valence-corrected chi connectivity index (χ0v) is 20.8. The lowest BCUT2D eigenvalue weighted by Gasteiger charge is -2.32. The lowest BCUT2D eigenvalue weighted by molar-refractivity contribution is -0.185. The Morgan fingerprint density at radius 3 is 2.67 bits per heavy atom. The van der Waals surface area contributed by atoms with Crippen LogP contribution in [0.3, 0.4) is 0 Å². The highest BCUT2D eigenvalue weighted by molar-refractivity contribution is 7.52. The fourth-order valence-electron chi connectivity index (χ4n) is 3.90. The minimum Gasteiger partial charge on any atom is -0.462 e. The van der Waals surface area contributed by atoms with E-state index in [-0.39, 0.29) is 18.5 Å². The van der Waals surface area contributed by atoms with E-state index in [0.29, 0.717) is 0 Å². The number of esters is 1. The fourth-order valence-corrected chi connectivity index (χ4v) is 5.44. The molecule has 0 spiro atoms. The lowest BCUT2D eigenvalue weighted by atomic mass is 10.0. The number of aromatic amines is 1. The van der Waals surface area contributed by atoms with Crippen molar-refractivity contribution >= 4 is 13.7 Å². The molecule has 2 fully saturated rings. The van der Waals surface area contributed by atoms with E-state index in [4.69, 9.17) is 23.3 Å². The van der Waals surface area contributed by atoms with Gasteiger partial charge >= 0.3 is 19.4 Å². The Morgan fingerprint density at radius 1 is 1.28 bits per heavy atom. The van der Waals surface area contributed by atoms with Crippen molar-refractivity contribution in [1.29, 1.82) is 0 Å². The van der Waals surface area contributed by atoms with Gasteiger partial charge in [-0.2, -0.15) is 5.09 Å². The number of hydrogen-bond acceptors (Lipinski definition) is 10. The average Bonchev–Trinajstić information content (AvgIpc) is 3.27. The normalized spacial score (nSPS) is 27.5. The van der Waals surface area contributed by atoms with Gasteiger partial charge in [0.05, 0.1) is 19.3 Å². The van der Waals surface area contributed by atoms with Crippen LogP contribution in [0.2, 0.25) is 0 Å². The number of rotatable bonds is 10. The molecule has 0 amide bonds. The molecule has 4 rings (SSSR count). The van der Waals surface area contributed by atoms with Crippen molar-refractivity contribution in [3.8, 4) is 5.75 Å². The summed E-state index contributed by atoms with van der Waals surface area (Å²) >= 11 is 0. The third kappa shape index (κ3) is 5.46. The monoisotopic (exact) mass is 525 g/mol. The number of aliphatic hydroxyl groups is 1. The largest absolute Gasteiger partial charge is 0.462 e. The molecule has 2 bridgehead atoms. The summed E-state index contributed by atoms with van der Waals surface area (Å²) in [7, 11) is -4.23. The van der Waals surface area contributed by atoms with Gasteiger partial charge in [0, 0.05) is 12.3 Å². The Labute approximate surface area is 205 Å². The molecule has 196 valence electrons. The number of H-pyrrole nitrogens is 1. The van der Waals surface area contributed by atoms with Crippen LogP contribution in [0.4, 0.5) is 0 Å². The Morgan fingerprint density at radius 2 is 2.00 bits per heavy atom. The van der Waals surface area contributed by atoms with E-state index in [1.54, 1.807) is 44.2 Å². The molecule has 14 heteroatoms. The van der Waals surface area contributed by atoms with Gasteiger partial charge in [-0.25, -0.2) is 9.36 Å². The third-order valence-electron chi connectivity index (χ3n) is 5.64. The predicted molar refractivity (Wildman–Crippen MR) is 124 cm³/mol. The van der Waals surface area contributed by atoms with Gasteiger partial charge < -0.3 is 23.8 Å². The number of carbonyl (C=O) groups excluding carboxylic acids is 1. The van der Waals surface area contributed by atoms with Crippen LogP contribution in [0.5, 0.6) is 5.75 Å². The zero-order chi connectivity index (χ0) is 26.1. The number of carbonyl (C=O) groups is 1. The summed E-state index contributed by atoms with van der Waals surface area (Å²) in [6.45, 7) is 4.22. The first-order chi connectivity index (χ1) is 17.0. The Bertz CT molecular complexity index is 1250. The number of benzene rings is 1. The van der Waals surface area contributed by atoms with Crippen LogP contribution in [0.25, 0.3) is 0 Å². The second-order valence-corrected chi connectivity index (χ2v) is 10.5. The minimum atomic E-state index is -4.23. The van der Waals surface area contributed by atoms with Crippen molar-refractivity contribution in [2.75, 3.05) is 13.2 Å². The lowest BCUT2D eigenvalue weighted by Crippen LogP contribution is -2.46. The van der Waals surface area contributed by atoms with Gasteiger partial charge in [-0.15, -0.1) is 0 Å². The Balaban J connectivity index is 1.54. The minimum absolute atomic E-state index is 0.121. The van der Waals surface area contributed by atoms with Gasteiger partial charge in [-0.1, -0.05) is 18.2 Å². The second kappa shape index (κ2) is 10.3. The highest BCUT2D eigenvalue weighted by Gasteiger charge is 2.62. The van der Waals surface area contributed by atoms with Crippen LogP contribution < -0.4 is 20.9 Å². The molecule has 1 aromatic heterocycles.